The van der Waals surface area contributed by atoms with Gasteiger partial charge in [-0.3, -0.25) is 9.10 Å². The van der Waals surface area contributed by atoms with Crippen LogP contribution in [0, 0.1) is 0 Å². The van der Waals surface area contributed by atoms with Crippen LogP contribution in [0.1, 0.15) is 47.5 Å². The molecule has 1 aliphatic rings. The Balaban J connectivity index is 1.90. The molecule has 1 aromatic heterocycles. The smallest absolute Gasteiger partial charge is 0.341 e. The van der Waals surface area contributed by atoms with Gasteiger partial charge in [-0.05, 0) is 57.2 Å². The Morgan fingerprint density at radius 2 is 1.84 bits per heavy atom. The molecule has 3 rings (SSSR count). The molecule has 0 fully saturated rings. The SMILES string of the molecule is CCOC(=O)c1c(NC(=O)CN(c2ccccc2OCC)S(C)(=O)=O)sc2c1CCCC2. The molecule has 1 N–H and O–H groups in total. The van der Waals surface area contributed by atoms with E-state index in [0.29, 0.717) is 22.9 Å². The molecule has 1 aromatic carbocycles. The first kappa shape index (κ1) is 24.1. The number of fused-ring (bicyclic) bond motifs is 1. The first-order valence-electron chi connectivity index (χ1n) is 10.6. The predicted octanol–water partition coefficient (Wildman–Crippen LogP) is 3.61. The van der Waals surface area contributed by atoms with Gasteiger partial charge in [0.15, 0.2) is 0 Å². The minimum absolute atomic E-state index is 0.229. The van der Waals surface area contributed by atoms with Crippen molar-refractivity contribution in [1.82, 2.24) is 0 Å². The number of carbonyl (C=O) groups is 2. The lowest BCUT2D eigenvalue weighted by Crippen LogP contribution is -2.37. The van der Waals surface area contributed by atoms with Gasteiger partial charge in [0, 0.05) is 4.88 Å². The second kappa shape index (κ2) is 10.4. The van der Waals surface area contributed by atoms with Gasteiger partial charge < -0.3 is 14.8 Å². The third-order valence-corrected chi connectivity index (χ3v) is 7.36. The Kier molecular flexibility index (Phi) is 7.78. The molecule has 1 amide bonds. The van der Waals surface area contributed by atoms with Crippen LogP contribution in [0.25, 0.3) is 0 Å². The Morgan fingerprint density at radius 3 is 2.53 bits per heavy atom. The van der Waals surface area contributed by atoms with Crippen molar-refractivity contribution in [3.8, 4) is 5.75 Å². The summed E-state index contributed by atoms with van der Waals surface area (Å²) in [6, 6.07) is 6.66. The summed E-state index contributed by atoms with van der Waals surface area (Å²) in [6.07, 6.45) is 4.64. The van der Waals surface area contributed by atoms with Gasteiger partial charge in [0.2, 0.25) is 15.9 Å². The van der Waals surface area contributed by atoms with Crippen molar-refractivity contribution in [3.05, 3.63) is 40.3 Å². The summed E-state index contributed by atoms with van der Waals surface area (Å²) >= 11 is 1.36. The summed E-state index contributed by atoms with van der Waals surface area (Å²) in [4.78, 5) is 26.6. The van der Waals surface area contributed by atoms with Crippen molar-refractivity contribution >= 4 is 43.9 Å². The number of anilines is 2. The van der Waals surface area contributed by atoms with Gasteiger partial charge in [-0.2, -0.15) is 0 Å². The molecule has 0 saturated heterocycles. The number of esters is 1. The number of ether oxygens (including phenoxy) is 2. The Bertz CT molecular complexity index is 1090. The van der Waals surface area contributed by atoms with Crippen LogP contribution >= 0.6 is 11.3 Å². The number of nitrogens with zero attached hydrogens (tertiary/aromatic N) is 1. The number of amides is 1. The largest absolute Gasteiger partial charge is 0.492 e. The Hall–Kier alpha value is -2.59. The maximum Gasteiger partial charge on any atom is 0.341 e. The van der Waals surface area contributed by atoms with Crippen molar-refractivity contribution in [3.63, 3.8) is 0 Å². The highest BCUT2D eigenvalue weighted by Gasteiger charge is 2.29. The third-order valence-electron chi connectivity index (χ3n) is 5.03. The Morgan fingerprint density at radius 1 is 1.12 bits per heavy atom. The number of aryl methyl sites for hydroxylation is 1. The highest BCUT2D eigenvalue weighted by molar-refractivity contribution is 7.92. The van der Waals surface area contributed by atoms with E-state index in [0.717, 1.165) is 46.7 Å². The van der Waals surface area contributed by atoms with Crippen LogP contribution in [0.2, 0.25) is 0 Å². The highest BCUT2D eigenvalue weighted by atomic mass is 32.2. The molecule has 0 radical (unpaired) electrons. The number of nitrogens with one attached hydrogen (secondary N) is 1. The molecule has 0 spiro atoms. The molecular weight excluding hydrogens is 452 g/mol. The van der Waals surface area contributed by atoms with Crippen LogP contribution in [0.3, 0.4) is 0 Å². The standard InChI is InChI=1S/C22H28N2O6S2/c1-4-29-17-12-8-7-11-16(17)24(32(3,27)28)14-19(25)23-21-20(22(26)30-5-2)15-10-6-9-13-18(15)31-21/h7-8,11-12H,4-6,9-10,13-14H2,1-3H3,(H,23,25). The molecule has 0 bridgehead atoms. The van der Waals surface area contributed by atoms with Gasteiger partial charge in [-0.15, -0.1) is 11.3 Å². The molecule has 0 atom stereocenters. The molecule has 2 aromatic rings. The van der Waals surface area contributed by atoms with Crippen molar-refractivity contribution in [2.75, 3.05) is 35.6 Å². The number of hydrogen-bond donors (Lipinski definition) is 1. The van der Waals surface area contributed by atoms with E-state index in [1.54, 1.807) is 38.1 Å². The van der Waals surface area contributed by atoms with E-state index in [-0.39, 0.29) is 12.3 Å². The number of hydrogen-bond acceptors (Lipinski definition) is 7. The second-order valence-electron chi connectivity index (χ2n) is 7.35. The highest BCUT2D eigenvalue weighted by Crippen LogP contribution is 2.39. The lowest BCUT2D eigenvalue weighted by atomic mass is 9.95. The maximum absolute atomic E-state index is 13.0. The quantitative estimate of drug-likeness (QED) is 0.550. The van der Waals surface area contributed by atoms with Crippen molar-refractivity contribution in [2.24, 2.45) is 0 Å². The fourth-order valence-electron chi connectivity index (χ4n) is 3.69. The fourth-order valence-corrected chi connectivity index (χ4v) is 5.85. The zero-order chi connectivity index (χ0) is 23.3. The minimum Gasteiger partial charge on any atom is -0.492 e. The summed E-state index contributed by atoms with van der Waals surface area (Å²) in [5.74, 6) is -0.651. The number of thiophene rings is 1. The van der Waals surface area contributed by atoms with Gasteiger partial charge in [0.25, 0.3) is 0 Å². The maximum atomic E-state index is 13.0. The van der Waals surface area contributed by atoms with E-state index in [2.05, 4.69) is 5.32 Å². The van der Waals surface area contributed by atoms with Gasteiger partial charge in [0.1, 0.15) is 17.3 Å². The zero-order valence-corrected chi connectivity index (χ0v) is 20.1. The van der Waals surface area contributed by atoms with Crippen LogP contribution < -0.4 is 14.4 Å². The van der Waals surface area contributed by atoms with Crippen LogP contribution in [-0.4, -0.2) is 46.3 Å². The van der Waals surface area contributed by atoms with Gasteiger partial charge in [0.05, 0.1) is 30.7 Å². The molecule has 1 heterocycles. The monoisotopic (exact) mass is 480 g/mol. The minimum atomic E-state index is -3.78. The molecule has 32 heavy (non-hydrogen) atoms. The molecular formula is C22H28N2O6S2. The summed E-state index contributed by atoms with van der Waals surface area (Å²) in [6.45, 7) is 3.66. The van der Waals surface area contributed by atoms with Crippen LogP contribution in [0.5, 0.6) is 5.75 Å². The van der Waals surface area contributed by atoms with Gasteiger partial charge >= 0.3 is 5.97 Å². The van der Waals surface area contributed by atoms with Crippen LogP contribution in [-0.2, 0) is 32.4 Å². The van der Waals surface area contributed by atoms with E-state index in [1.165, 1.54) is 11.3 Å². The molecule has 8 nitrogen and oxygen atoms in total. The lowest BCUT2D eigenvalue weighted by Gasteiger charge is -2.24. The predicted molar refractivity (Wildman–Crippen MR) is 125 cm³/mol. The van der Waals surface area contributed by atoms with E-state index >= 15 is 0 Å². The van der Waals surface area contributed by atoms with Crippen LogP contribution in [0.15, 0.2) is 24.3 Å². The van der Waals surface area contributed by atoms with Crippen LogP contribution in [0.4, 0.5) is 10.7 Å². The zero-order valence-electron chi connectivity index (χ0n) is 18.5. The normalized spacial score (nSPS) is 13.2. The average molecular weight is 481 g/mol. The summed E-state index contributed by atoms with van der Waals surface area (Å²) in [5.41, 5.74) is 1.60. The molecule has 0 saturated carbocycles. The van der Waals surface area contributed by atoms with Crippen molar-refractivity contribution < 1.29 is 27.5 Å². The van der Waals surface area contributed by atoms with Crippen molar-refractivity contribution in [2.45, 2.75) is 39.5 Å². The number of benzene rings is 1. The van der Waals surface area contributed by atoms with E-state index in [4.69, 9.17) is 9.47 Å². The van der Waals surface area contributed by atoms with Gasteiger partial charge in [-0.25, -0.2) is 13.2 Å². The molecule has 0 unspecified atom stereocenters. The topological polar surface area (TPSA) is 102 Å². The third kappa shape index (κ3) is 5.42. The first-order valence-corrected chi connectivity index (χ1v) is 13.2. The number of sulfonamides is 1. The van der Waals surface area contributed by atoms with E-state index in [1.807, 2.05) is 0 Å². The first-order chi connectivity index (χ1) is 15.3. The molecule has 0 aliphatic heterocycles. The van der Waals surface area contributed by atoms with E-state index < -0.39 is 28.4 Å². The molecule has 174 valence electrons. The Labute approximate surface area is 192 Å². The molecule has 1 aliphatic carbocycles. The summed E-state index contributed by atoms with van der Waals surface area (Å²) < 4.78 is 36.8. The summed E-state index contributed by atoms with van der Waals surface area (Å²) in [5, 5.41) is 3.17. The second-order valence-corrected chi connectivity index (χ2v) is 10.4. The molecule has 10 heteroatoms. The fraction of sp³-hybridized carbons (Fsp3) is 0.455. The summed E-state index contributed by atoms with van der Waals surface area (Å²) in [7, 11) is -3.78. The lowest BCUT2D eigenvalue weighted by molar-refractivity contribution is -0.114. The van der Waals surface area contributed by atoms with Gasteiger partial charge in [-0.1, -0.05) is 12.1 Å². The number of para-hydroxylation sites is 2. The average Bonchev–Trinajstić information content (AvgIpc) is 3.10. The number of carbonyl (C=O) groups excluding carboxylic acids is 2. The van der Waals surface area contributed by atoms with E-state index in [9.17, 15) is 18.0 Å². The van der Waals surface area contributed by atoms with Crippen molar-refractivity contribution in [1.29, 1.82) is 0 Å². The number of rotatable bonds is 9.